The fourth-order valence-electron chi connectivity index (χ4n) is 2.66. The van der Waals surface area contributed by atoms with Crippen LogP contribution in [0, 0.1) is 6.92 Å². The van der Waals surface area contributed by atoms with E-state index in [4.69, 9.17) is 0 Å². The summed E-state index contributed by atoms with van der Waals surface area (Å²) in [6, 6.07) is 12.2. The minimum Gasteiger partial charge on any atom is -0.465 e. The predicted octanol–water partition coefficient (Wildman–Crippen LogP) is 2.45. The first-order valence-electron chi connectivity index (χ1n) is 8.08. The maximum absolute atomic E-state index is 12.8. The topological polar surface area (TPSA) is 92.8 Å². The average molecular weight is 364 g/mol. The first-order chi connectivity index (χ1) is 12.9. The third-order valence-electron chi connectivity index (χ3n) is 4.14. The minimum atomic E-state index is -0.849. The van der Waals surface area contributed by atoms with Crippen molar-refractivity contribution in [3.63, 3.8) is 0 Å². The van der Waals surface area contributed by atoms with Gasteiger partial charge < -0.3 is 4.74 Å². The van der Waals surface area contributed by atoms with Crippen molar-refractivity contribution in [2.45, 2.75) is 6.92 Å². The van der Waals surface area contributed by atoms with Crippen molar-refractivity contribution in [1.82, 2.24) is 5.32 Å². The van der Waals surface area contributed by atoms with Crippen LogP contribution in [-0.4, -0.2) is 30.9 Å². The highest BCUT2D eigenvalue weighted by atomic mass is 16.5. The molecule has 0 spiro atoms. The van der Waals surface area contributed by atoms with Gasteiger partial charge in [0.15, 0.2) is 0 Å². The number of rotatable bonds is 3. The van der Waals surface area contributed by atoms with Gasteiger partial charge in [0.1, 0.15) is 5.57 Å². The van der Waals surface area contributed by atoms with E-state index in [0.717, 1.165) is 10.5 Å². The summed E-state index contributed by atoms with van der Waals surface area (Å²) in [5.74, 6) is -2.03. The minimum absolute atomic E-state index is 0.152. The molecular weight excluding hydrogens is 348 g/mol. The molecule has 3 rings (SSSR count). The van der Waals surface area contributed by atoms with Crippen LogP contribution in [0.3, 0.4) is 0 Å². The van der Waals surface area contributed by atoms with Gasteiger partial charge in [0.05, 0.1) is 18.4 Å². The maximum Gasteiger partial charge on any atom is 0.337 e. The lowest BCUT2D eigenvalue weighted by Crippen LogP contribution is -2.54. The number of carbonyl (C=O) groups is 4. The number of benzene rings is 2. The summed E-state index contributed by atoms with van der Waals surface area (Å²) in [5.41, 5.74) is 1.94. The van der Waals surface area contributed by atoms with Gasteiger partial charge in [-0.15, -0.1) is 0 Å². The van der Waals surface area contributed by atoms with Crippen molar-refractivity contribution < 1.29 is 23.9 Å². The number of urea groups is 1. The second-order valence-electron chi connectivity index (χ2n) is 5.85. The van der Waals surface area contributed by atoms with E-state index in [1.807, 2.05) is 19.1 Å². The number of esters is 1. The highest BCUT2D eigenvalue weighted by Crippen LogP contribution is 2.23. The summed E-state index contributed by atoms with van der Waals surface area (Å²) in [5, 5.41) is 2.16. The first-order valence-corrected chi connectivity index (χ1v) is 8.08. The van der Waals surface area contributed by atoms with Crippen LogP contribution in [0.4, 0.5) is 10.5 Å². The molecule has 1 heterocycles. The second kappa shape index (κ2) is 7.25. The molecule has 1 saturated heterocycles. The summed E-state index contributed by atoms with van der Waals surface area (Å²) in [6.45, 7) is 1.85. The quantitative estimate of drug-likeness (QED) is 0.513. The Morgan fingerprint density at radius 3 is 2.33 bits per heavy atom. The van der Waals surface area contributed by atoms with E-state index in [9.17, 15) is 19.2 Å². The zero-order valence-corrected chi connectivity index (χ0v) is 14.7. The number of nitrogens with one attached hydrogen (secondary N) is 1. The standard InChI is InChI=1S/C20H16N2O5/c1-12-5-3-4-6-14(12)11-16-17(23)21-20(26)22(18(16)24)15-9-7-13(8-10-15)19(25)27-2/h3-11H,1-2H3,(H,21,23,26)/b16-11+. The van der Waals surface area contributed by atoms with E-state index < -0.39 is 23.8 Å². The molecule has 0 aliphatic carbocycles. The number of hydrogen-bond acceptors (Lipinski definition) is 5. The van der Waals surface area contributed by atoms with Crippen molar-refractivity contribution in [1.29, 1.82) is 0 Å². The fraction of sp³-hybridized carbons (Fsp3) is 0.100. The van der Waals surface area contributed by atoms with Crippen LogP contribution in [0.5, 0.6) is 0 Å². The van der Waals surface area contributed by atoms with Gasteiger partial charge in [-0.05, 0) is 48.4 Å². The molecule has 7 heteroatoms. The largest absolute Gasteiger partial charge is 0.465 e. The van der Waals surface area contributed by atoms with E-state index >= 15 is 0 Å². The lowest BCUT2D eigenvalue weighted by atomic mass is 10.0. The molecule has 0 atom stereocenters. The highest BCUT2D eigenvalue weighted by Gasteiger charge is 2.36. The zero-order valence-electron chi connectivity index (χ0n) is 14.7. The van der Waals surface area contributed by atoms with Crippen LogP contribution in [0.15, 0.2) is 54.1 Å². The van der Waals surface area contributed by atoms with Gasteiger partial charge in [0.2, 0.25) is 0 Å². The van der Waals surface area contributed by atoms with Gasteiger partial charge in [0.25, 0.3) is 11.8 Å². The third kappa shape index (κ3) is 3.48. The molecule has 2 aromatic rings. The molecule has 0 bridgehead atoms. The molecule has 27 heavy (non-hydrogen) atoms. The van der Waals surface area contributed by atoms with Crippen LogP contribution >= 0.6 is 0 Å². The molecule has 1 fully saturated rings. The summed E-state index contributed by atoms with van der Waals surface area (Å²) in [7, 11) is 1.26. The van der Waals surface area contributed by atoms with Crippen molar-refractivity contribution >= 4 is 35.6 Å². The van der Waals surface area contributed by atoms with Crippen LogP contribution < -0.4 is 10.2 Å². The molecular formula is C20H16N2O5. The molecule has 0 saturated carbocycles. The Bertz CT molecular complexity index is 976. The van der Waals surface area contributed by atoms with Crippen molar-refractivity contribution in [3.8, 4) is 0 Å². The predicted molar refractivity (Wildman–Crippen MR) is 98.0 cm³/mol. The molecule has 0 radical (unpaired) electrons. The number of anilines is 1. The Labute approximate surface area is 155 Å². The van der Waals surface area contributed by atoms with Crippen LogP contribution in [-0.2, 0) is 14.3 Å². The number of ether oxygens (including phenoxy) is 1. The lowest BCUT2D eigenvalue weighted by molar-refractivity contribution is -0.122. The first kappa shape index (κ1) is 18.1. The van der Waals surface area contributed by atoms with Gasteiger partial charge in [-0.2, -0.15) is 0 Å². The highest BCUT2D eigenvalue weighted by molar-refractivity contribution is 6.39. The maximum atomic E-state index is 12.8. The van der Waals surface area contributed by atoms with Gasteiger partial charge in [-0.25, -0.2) is 14.5 Å². The Kier molecular flexibility index (Phi) is 4.85. The average Bonchev–Trinajstić information content (AvgIpc) is 2.66. The number of nitrogens with zero attached hydrogens (tertiary/aromatic N) is 1. The molecule has 0 aromatic heterocycles. The van der Waals surface area contributed by atoms with Gasteiger partial charge >= 0.3 is 12.0 Å². The zero-order chi connectivity index (χ0) is 19.6. The Morgan fingerprint density at radius 2 is 1.70 bits per heavy atom. The third-order valence-corrected chi connectivity index (χ3v) is 4.14. The van der Waals surface area contributed by atoms with Crippen LogP contribution in [0.1, 0.15) is 21.5 Å². The summed E-state index contributed by atoms with van der Waals surface area (Å²) >= 11 is 0. The normalized spacial score (nSPS) is 15.7. The van der Waals surface area contributed by atoms with Gasteiger partial charge in [-0.1, -0.05) is 24.3 Å². The van der Waals surface area contributed by atoms with E-state index in [1.54, 1.807) is 12.1 Å². The monoisotopic (exact) mass is 364 g/mol. The van der Waals surface area contributed by atoms with Gasteiger partial charge in [0, 0.05) is 0 Å². The summed E-state index contributed by atoms with van der Waals surface area (Å²) in [6.07, 6.45) is 1.45. The Hall–Kier alpha value is -3.74. The molecule has 136 valence electrons. The SMILES string of the molecule is COC(=O)c1ccc(N2C(=O)NC(=O)/C(=C\c3ccccc3C)C2=O)cc1. The lowest BCUT2D eigenvalue weighted by Gasteiger charge is -2.26. The van der Waals surface area contributed by atoms with Crippen LogP contribution in [0.25, 0.3) is 6.08 Å². The smallest absolute Gasteiger partial charge is 0.337 e. The number of carbonyl (C=O) groups excluding carboxylic acids is 4. The van der Waals surface area contributed by atoms with E-state index in [0.29, 0.717) is 5.56 Å². The van der Waals surface area contributed by atoms with Crippen molar-refractivity contribution in [2.24, 2.45) is 0 Å². The molecule has 4 amide bonds. The molecule has 7 nitrogen and oxygen atoms in total. The Morgan fingerprint density at radius 1 is 1.04 bits per heavy atom. The Balaban J connectivity index is 1.98. The molecule has 0 unspecified atom stereocenters. The van der Waals surface area contributed by atoms with Crippen molar-refractivity contribution in [3.05, 3.63) is 70.8 Å². The summed E-state index contributed by atoms with van der Waals surface area (Å²) in [4.78, 5) is 49.6. The van der Waals surface area contributed by atoms with E-state index in [2.05, 4.69) is 10.1 Å². The molecule has 2 aromatic carbocycles. The van der Waals surface area contributed by atoms with Crippen molar-refractivity contribution in [2.75, 3.05) is 12.0 Å². The number of barbiturate groups is 1. The number of imide groups is 2. The molecule has 1 aliphatic heterocycles. The summed E-state index contributed by atoms with van der Waals surface area (Å²) < 4.78 is 4.62. The second-order valence-corrected chi connectivity index (χ2v) is 5.85. The molecule has 1 aliphatic rings. The van der Waals surface area contributed by atoms with E-state index in [-0.39, 0.29) is 16.8 Å². The number of amides is 4. The number of hydrogen-bond donors (Lipinski definition) is 1. The number of methoxy groups -OCH3 is 1. The fourth-order valence-corrected chi connectivity index (χ4v) is 2.66. The van der Waals surface area contributed by atoms with Gasteiger partial charge in [-0.3, -0.25) is 14.9 Å². The molecule has 1 N–H and O–H groups in total. The van der Waals surface area contributed by atoms with Crippen LogP contribution in [0.2, 0.25) is 0 Å². The number of aryl methyl sites for hydroxylation is 1. The van der Waals surface area contributed by atoms with E-state index in [1.165, 1.54) is 37.5 Å².